The SMILES string of the molecule is COC(=O)c1ccc2c(=O)n(-c3ccc(F)cc3)c(C)nc2c1. The number of aromatic nitrogens is 2. The quantitative estimate of drug-likeness (QED) is 0.683. The molecule has 0 aliphatic rings. The van der Waals surface area contributed by atoms with Crippen molar-refractivity contribution in [2.75, 3.05) is 7.11 Å². The van der Waals surface area contributed by atoms with Gasteiger partial charge in [0.25, 0.3) is 5.56 Å². The van der Waals surface area contributed by atoms with Gasteiger partial charge in [0.15, 0.2) is 0 Å². The summed E-state index contributed by atoms with van der Waals surface area (Å²) in [5.74, 6) is -0.430. The molecule has 0 N–H and O–H groups in total. The van der Waals surface area contributed by atoms with E-state index in [1.165, 1.54) is 54.1 Å². The second kappa shape index (κ2) is 5.64. The van der Waals surface area contributed by atoms with Crippen LogP contribution in [0.4, 0.5) is 4.39 Å². The van der Waals surface area contributed by atoms with Crippen molar-refractivity contribution in [3.8, 4) is 5.69 Å². The molecule has 2 aromatic carbocycles. The van der Waals surface area contributed by atoms with Gasteiger partial charge in [0.2, 0.25) is 0 Å². The molecule has 0 amide bonds. The molecule has 3 aromatic rings. The third-order valence-electron chi connectivity index (χ3n) is 3.54. The number of nitrogens with zero attached hydrogens (tertiary/aromatic N) is 2. The van der Waals surface area contributed by atoms with Gasteiger partial charge >= 0.3 is 5.97 Å². The second-order valence-electron chi connectivity index (χ2n) is 5.00. The molecule has 0 atom stereocenters. The lowest BCUT2D eigenvalue weighted by atomic mass is 10.1. The lowest BCUT2D eigenvalue weighted by Crippen LogP contribution is -2.22. The largest absolute Gasteiger partial charge is 0.465 e. The van der Waals surface area contributed by atoms with Crippen molar-refractivity contribution in [3.05, 3.63) is 70.0 Å². The number of hydrogen-bond donors (Lipinski definition) is 0. The van der Waals surface area contributed by atoms with Gasteiger partial charge in [0.05, 0.1) is 29.3 Å². The highest BCUT2D eigenvalue weighted by molar-refractivity contribution is 5.94. The van der Waals surface area contributed by atoms with Gasteiger partial charge in [-0.05, 0) is 49.4 Å². The molecule has 5 nitrogen and oxygen atoms in total. The summed E-state index contributed by atoms with van der Waals surface area (Å²) in [6.45, 7) is 1.68. The van der Waals surface area contributed by atoms with E-state index >= 15 is 0 Å². The minimum Gasteiger partial charge on any atom is -0.465 e. The molecular weight excluding hydrogens is 299 g/mol. The van der Waals surface area contributed by atoms with Crippen LogP contribution in [0.5, 0.6) is 0 Å². The monoisotopic (exact) mass is 312 g/mol. The molecule has 0 aliphatic carbocycles. The number of hydrogen-bond acceptors (Lipinski definition) is 4. The fourth-order valence-electron chi connectivity index (χ4n) is 2.44. The van der Waals surface area contributed by atoms with Crippen molar-refractivity contribution in [1.82, 2.24) is 9.55 Å². The highest BCUT2D eigenvalue weighted by atomic mass is 19.1. The third-order valence-corrected chi connectivity index (χ3v) is 3.54. The molecule has 0 bridgehead atoms. The maximum Gasteiger partial charge on any atom is 0.337 e. The zero-order valence-electron chi connectivity index (χ0n) is 12.5. The molecule has 1 heterocycles. The molecular formula is C17H13FN2O3. The number of methoxy groups -OCH3 is 1. The average molecular weight is 312 g/mol. The molecule has 116 valence electrons. The summed E-state index contributed by atoms with van der Waals surface area (Å²) in [4.78, 5) is 28.7. The van der Waals surface area contributed by atoms with E-state index in [0.29, 0.717) is 28.0 Å². The van der Waals surface area contributed by atoms with Gasteiger partial charge in [-0.3, -0.25) is 9.36 Å². The van der Waals surface area contributed by atoms with Gasteiger partial charge in [-0.25, -0.2) is 14.2 Å². The summed E-state index contributed by atoms with van der Waals surface area (Å²) in [6.07, 6.45) is 0. The van der Waals surface area contributed by atoms with Crippen LogP contribution < -0.4 is 5.56 Å². The molecule has 0 spiro atoms. The van der Waals surface area contributed by atoms with Crippen molar-refractivity contribution in [3.63, 3.8) is 0 Å². The van der Waals surface area contributed by atoms with Crippen LogP contribution in [0.2, 0.25) is 0 Å². The Bertz CT molecular complexity index is 962. The maximum absolute atomic E-state index is 13.1. The lowest BCUT2D eigenvalue weighted by molar-refractivity contribution is 0.0601. The van der Waals surface area contributed by atoms with Crippen molar-refractivity contribution in [2.24, 2.45) is 0 Å². The fraction of sp³-hybridized carbons (Fsp3) is 0.118. The van der Waals surface area contributed by atoms with Gasteiger partial charge in [0, 0.05) is 0 Å². The first kappa shape index (κ1) is 14.9. The Kier molecular flexibility index (Phi) is 3.65. The minimum atomic E-state index is -0.492. The minimum absolute atomic E-state index is 0.282. The standard InChI is InChI=1S/C17H13FN2O3/c1-10-19-15-9-11(17(22)23-2)3-8-14(15)16(21)20(10)13-6-4-12(18)5-7-13/h3-9H,1-2H3. The molecule has 0 saturated carbocycles. The topological polar surface area (TPSA) is 61.2 Å². The van der Waals surface area contributed by atoms with Crippen molar-refractivity contribution in [1.29, 1.82) is 0 Å². The molecule has 6 heteroatoms. The smallest absolute Gasteiger partial charge is 0.337 e. The van der Waals surface area contributed by atoms with Crippen molar-refractivity contribution in [2.45, 2.75) is 6.92 Å². The van der Waals surface area contributed by atoms with Gasteiger partial charge in [-0.2, -0.15) is 0 Å². The number of carbonyl (C=O) groups is 1. The molecule has 3 rings (SSSR count). The molecule has 23 heavy (non-hydrogen) atoms. The van der Waals surface area contributed by atoms with Crippen molar-refractivity contribution < 1.29 is 13.9 Å². The maximum atomic E-state index is 13.1. The van der Waals surface area contributed by atoms with Crippen LogP contribution in [0.15, 0.2) is 47.3 Å². The van der Waals surface area contributed by atoms with Crippen LogP contribution in [-0.2, 0) is 4.74 Å². The zero-order valence-corrected chi connectivity index (χ0v) is 12.5. The van der Waals surface area contributed by atoms with E-state index < -0.39 is 5.97 Å². The number of fused-ring (bicyclic) bond motifs is 1. The molecule has 0 unspecified atom stereocenters. The van der Waals surface area contributed by atoms with Gasteiger partial charge in [-0.1, -0.05) is 0 Å². The van der Waals surface area contributed by atoms with Gasteiger partial charge in [0.1, 0.15) is 11.6 Å². The summed E-state index contributed by atoms with van der Waals surface area (Å²) < 4.78 is 19.1. The Balaban J connectivity index is 2.24. The van der Waals surface area contributed by atoms with Crippen LogP contribution in [0, 0.1) is 12.7 Å². The number of benzene rings is 2. The summed E-state index contributed by atoms with van der Waals surface area (Å²) >= 11 is 0. The van der Waals surface area contributed by atoms with Crippen molar-refractivity contribution >= 4 is 16.9 Å². The highest BCUT2D eigenvalue weighted by Crippen LogP contribution is 2.15. The van der Waals surface area contributed by atoms with E-state index in [-0.39, 0.29) is 11.4 Å². The Hall–Kier alpha value is -3.02. The molecule has 0 radical (unpaired) electrons. The first-order chi connectivity index (χ1) is 11.0. The summed E-state index contributed by atoms with van der Waals surface area (Å²) in [7, 11) is 1.29. The van der Waals surface area contributed by atoms with E-state index in [0.717, 1.165) is 0 Å². The first-order valence-electron chi connectivity index (χ1n) is 6.89. The Morgan fingerprint density at radius 3 is 2.52 bits per heavy atom. The van der Waals surface area contributed by atoms with E-state index in [4.69, 9.17) is 0 Å². The van der Waals surface area contributed by atoms with E-state index in [2.05, 4.69) is 9.72 Å². The third kappa shape index (κ3) is 2.59. The van der Waals surface area contributed by atoms with Gasteiger partial charge < -0.3 is 4.74 Å². The summed E-state index contributed by atoms with van der Waals surface area (Å²) in [6, 6.07) is 10.2. The molecule has 0 fully saturated rings. The Morgan fingerprint density at radius 1 is 1.17 bits per heavy atom. The fourth-order valence-corrected chi connectivity index (χ4v) is 2.44. The van der Waals surface area contributed by atoms with Crippen LogP contribution in [0.3, 0.4) is 0 Å². The van der Waals surface area contributed by atoms with E-state index in [1.54, 1.807) is 6.92 Å². The Labute approximate surface area is 131 Å². The number of halogens is 1. The van der Waals surface area contributed by atoms with Crippen LogP contribution in [0.25, 0.3) is 16.6 Å². The second-order valence-corrected chi connectivity index (χ2v) is 5.00. The van der Waals surface area contributed by atoms with Crippen LogP contribution in [0.1, 0.15) is 16.2 Å². The van der Waals surface area contributed by atoms with E-state index in [9.17, 15) is 14.0 Å². The number of rotatable bonds is 2. The zero-order chi connectivity index (χ0) is 16.6. The average Bonchev–Trinajstić information content (AvgIpc) is 2.55. The normalized spacial score (nSPS) is 10.7. The predicted octanol–water partition coefficient (Wildman–Crippen LogP) is 2.62. The Morgan fingerprint density at radius 2 is 1.87 bits per heavy atom. The lowest BCUT2D eigenvalue weighted by Gasteiger charge is -2.11. The summed E-state index contributed by atoms with van der Waals surface area (Å²) in [5.41, 5.74) is 0.982. The molecule has 1 aromatic heterocycles. The van der Waals surface area contributed by atoms with Crippen LogP contribution >= 0.6 is 0 Å². The van der Waals surface area contributed by atoms with E-state index in [1.807, 2.05) is 0 Å². The highest BCUT2D eigenvalue weighted by Gasteiger charge is 2.13. The predicted molar refractivity (Wildman–Crippen MR) is 83.4 cm³/mol. The number of aryl methyl sites for hydroxylation is 1. The number of esters is 1. The van der Waals surface area contributed by atoms with Crippen LogP contribution in [-0.4, -0.2) is 22.6 Å². The number of carbonyl (C=O) groups excluding carboxylic acids is 1. The van der Waals surface area contributed by atoms with Gasteiger partial charge in [-0.15, -0.1) is 0 Å². The number of ether oxygens (including phenoxy) is 1. The molecule has 0 saturated heterocycles. The molecule has 0 aliphatic heterocycles. The summed E-state index contributed by atoms with van der Waals surface area (Å²) in [5, 5.41) is 0.368. The first-order valence-corrected chi connectivity index (χ1v) is 6.89.